The maximum absolute atomic E-state index is 14.3. The lowest BCUT2D eigenvalue weighted by Crippen LogP contribution is -2.49. The number of fused-ring (bicyclic) bond motifs is 4. The zero-order valence-electron chi connectivity index (χ0n) is 22.8. The van der Waals surface area contributed by atoms with Crippen molar-refractivity contribution in [2.24, 2.45) is 29.1 Å². The molecule has 0 bridgehead atoms. The van der Waals surface area contributed by atoms with Crippen LogP contribution in [-0.4, -0.2) is 53.9 Å². The highest BCUT2D eigenvalue weighted by Gasteiger charge is 2.68. The van der Waals surface area contributed by atoms with Gasteiger partial charge in [-0.2, -0.15) is 4.90 Å². The van der Waals surface area contributed by atoms with E-state index in [4.69, 9.17) is 16.3 Å². The number of rotatable bonds is 3. The number of carbonyl (C=O) groups excluding carboxylic acids is 5. The molecule has 3 fully saturated rings. The molecule has 4 aliphatic rings. The molecule has 2 aromatic rings. The average Bonchev–Trinajstić information content (AvgIpc) is 3.34. The molecule has 2 aliphatic heterocycles. The molecule has 2 heterocycles. The van der Waals surface area contributed by atoms with Crippen molar-refractivity contribution in [2.75, 3.05) is 19.1 Å². The third-order valence-electron chi connectivity index (χ3n) is 9.34. The van der Waals surface area contributed by atoms with Crippen LogP contribution in [0.25, 0.3) is 0 Å². The number of nitrogens with zero attached hydrogens (tertiary/aromatic N) is 2. The Morgan fingerprint density at radius 1 is 1.05 bits per heavy atom. The van der Waals surface area contributed by atoms with Crippen molar-refractivity contribution in [3.05, 3.63) is 64.5 Å². The number of likely N-dealkylation sites (tertiary alicyclic amines) is 1. The van der Waals surface area contributed by atoms with E-state index in [9.17, 15) is 33.5 Å². The average molecular weight is 597 g/mol. The molecule has 10 nitrogen and oxygen atoms in total. The van der Waals surface area contributed by atoms with Crippen LogP contribution in [0.4, 0.5) is 14.9 Å². The summed E-state index contributed by atoms with van der Waals surface area (Å²) in [5.41, 5.74) is -0.404. The van der Waals surface area contributed by atoms with E-state index >= 15 is 0 Å². The van der Waals surface area contributed by atoms with Crippen LogP contribution in [0.2, 0.25) is 5.02 Å². The van der Waals surface area contributed by atoms with Gasteiger partial charge in [0.05, 0.1) is 48.1 Å². The number of phenolic OH excluding ortho intramolecular Hbond substituents is 1. The van der Waals surface area contributed by atoms with Crippen molar-refractivity contribution < 1.29 is 42.9 Å². The van der Waals surface area contributed by atoms with Gasteiger partial charge in [0.25, 0.3) is 0 Å². The van der Waals surface area contributed by atoms with Gasteiger partial charge in [0.2, 0.25) is 23.6 Å². The van der Waals surface area contributed by atoms with E-state index in [0.717, 1.165) is 18.1 Å². The highest BCUT2D eigenvalue weighted by molar-refractivity contribution is 6.31. The van der Waals surface area contributed by atoms with Crippen LogP contribution in [0, 0.1) is 34.9 Å². The van der Waals surface area contributed by atoms with Gasteiger partial charge in [0, 0.05) is 17.5 Å². The molecule has 2 aliphatic carbocycles. The minimum Gasteiger partial charge on any atom is -0.508 e. The normalized spacial score (nSPS) is 30.1. The molecule has 6 atom stereocenters. The molecule has 0 radical (unpaired) electrons. The number of phenols is 1. The van der Waals surface area contributed by atoms with Crippen LogP contribution in [0.15, 0.2) is 48.0 Å². The summed E-state index contributed by atoms with van der Waals surface area (Å²) in [5, 5.41) is 10.9. The van der Waals surface area contributed by atoms with E-state index in [2.05, 4.69) is 4.74 Å². The third-order valence-corrected chi connectivity index (χ3v) is 9.63. The largest absolute Gasteiger partial charge is 0.508 e. The van der Waals surface area contributed by atoms with Crippen molar-refractivity contribution in [1.29, 1.82) is 0 Å². The summed E-state index contributed by atoms with van der Waals surface area (Å²) in [6, 6.07) is 8.16. The first kappa shape index (κ1) is 27.9. The summed E-state index contributed by atoms with van der Waals surface area (Å²) in [6.07, 6.45) is 0.837. The minimum absolute atomic E-state index is 0.0287. The maximum Gasteiger partial charge on any atom is 0.423 e. The second-order valence-electron chi connectivity index (χ2n) is 11.2. The number of carbonyl (C=O) groups is 5. The number of anilines is 1. The third kappa shape index (κ3) is 3.65. The Balaban J connectivity index is 1.53. The monoisotopic (exact) mass is 596 g/mol. The fourth-order valence-electron chi connectivity index (χ4n) is 7.40. The molecule has 0 aromatic heterocycles. The lowest BCUT2D eigenvalue weighted by molar-refractivity contribution is -0.138. The van der Waals surface area contributed by atoms with Crippen molar-refractivity contribution in [1.82, 2.24) is 4.90 Å². The minimum atomic E-state index is -1.44. The van der Waals surface area contributed by atoms with Gasteiger partial charge in [-0.25, -0.2) is 14.1 Å². The van der Waals surface area contributed by atoms with Gasteiger partial charge in [-0.3, -0.25) is 19.2 Å². The fourth-order valence-corrected chi connectivity index (χ4v) is 7.57. The number of hydrogen-bond acceptors (Lipinski definition) is 8. The lowest BCUT2D eigenvalue weighted by Gasteiger charge is -2.49. The molecule has 2 aromatic carbocycles. The number of amides is 5. The molecule has 12 heteroatoms. The molecule has 2 saturated heterocycles. The fraction of sp³-hybridized carbons (Fsp3) is 0.367. The molecule has 0 spiro atoms. The topological polar surface area (TPSA) is 131 Å². The highest BCUT2D eigenvalue weighted by atomic mass is 35.5. The molecule has 1 N–H and O–H groups in total. The summed E-state index contributed by atoms with van der Waals surface area (Å²) in [7, 11) is 2.51. The SMILES string of the molecule is COC(=O)N1C(=O)[C@H]2[C@H](CC=C3[C@H]2C[C@H]2C(=O)N(c4ccc(F)c(Cl)c4)C(=O)[C@@]2(C)[C@H]3c2ccc(OC)cc2O)C1=O. The summed E-state index contributed by atoms with van der Waals surface area (Å²) < 4.78 is 23.9. The predicted molar refractivity (Wildman–Crippen MR) is 145 cm³/mol. The number of ether oxygens (including phenoxy) is 2. The summed E-state index contributed by atoms with van der Waals surface area (Å²) in [5.74, 6) is -7.50. The number of imide groups is 4. The number of allylic oxidation sites excluding steroid dienone is 2. The van der Waals surface area contributed by atoms with Crippen molar-refractivity contribution in [3.8, 4) is 11.5 Å². The number of aromatic hydroxyl groups is 1. The van der Waals surface area contributed by atoms with Gasteiger partial charge in [-0.15, -0.1) is 0 Å². The van der Waals surface area contributed by atoms with Crippen molar-refractivity contribution in [2.45, 2.75) is 25.7 Å². The van der Waals surface area contributed by atoms with Gasteiger partial charge in [-0.1, -0.05) is 29.3 Å². The second-order valence-corrected chi connectivity index (χ2v) is 11.6. The zero-order chi connectivity index (χ0) is 30.2. The van der Waals surface area contributed by atoms with Crippen LogP contribution < -0.4 is 9.64 Å². The molecular weight excluding hydrogens is 571 g/mol. The van der Waals surface area contributed by atoms with Gasteiger partial charge >= 0.3 is 6.09 Å². The highest BCUT2D eigenvalue weighted by Crippen LogP contribution is 2.64. The molecule has 1 saturated carbocycles. The van der Waals surface area contributed by atoms with E-state index < -0.39 is 70.5 Å². The Kier molecular flexibility index (Phi) is 6.41. The van der Waals surface area contributed by atoms with Gasteiger partial charge < -0.3 is 14.6 Å². The Hall–Kier alpha value is -4.25. The van der Waals surface area contributed by atoms with Gasteiger partial charge in [0.15, 0.2) is 0 Å². The standard InChI is InChI=1S/C30H26ClFN2O8/c1-30-19(26(37)33(28(30)39)13-4-9-21(32)20(31)10-13)12-18-15(24(30)16-6-5-14(41-2)11-22(16)35)7-8-17-23(18)27(38)34(25(17)36)29(40)42-3/h4-7,9-11,17-19,23-24,35H,8,12H2,1-3H3/t17-,18+,19-,23-,24+,30+/m0/s1. The van der Waals surface area contributed by atoms with E-state index in [0.29, 0.717) is 21.8 Å². The predicted octanol–water partition coefficient (Wildman–Crippen LogP) is 4.19. The number of hydrogen-bond donors (Lipinski definition) is 1. The zero-order valence-corrected chi connectivity index (χ0v) is 23.6. The smallest absolute Gasteiger partial charge is 0.423 e. The first-order chi connectivity index (χ1) is 19.9. The Morgan fingerprint density at radius 3 is 2.43 bits per heavy atom. The maximum atomic E-state index is 14.3. The van der Waals surface area contributed by atoms with Gasteiger partial charge in [0.1, 0.15) is 17.3 Å². The number of benzene rings is 2. The van der Waals surface area contributed by atoms with Crippen molar-refractivity contribution in [3.63, 3.8) is 0 Å². The number of methoxy groups -OCH3 is 2. The quantitative estimate of drug-likeness (QED) is 0.412. The Morgan fingerprint density at radius 2 is 1.79 bits per heavy atom. The molecule has 0 unspecified atom stereocenters. The number of halogens is 2. The van der Waals surface area contributed by atoms with Crippen LogP contribution in [0.1, 0.15) is 31.2 Å². The molecule has 6 rings (SSSR count). The van der Waals surface area contributed by atoms with Gasteiger partial charge in [-0.05, 0) is 49.9 Å². The second kappa shape index (κ2) is 9.65. The van der Waals surface area contributed by atoms with E-state index in [1.54, 1.807) is 25.1 Å². The summed E-state index contributed by atoms with van der Waals surface area (Å²) in [6.45, 7) is 1.64. The Bertz CT molecular complexity index is 1620. The first-order valence-electron chi connectivity index (χ1n) is 13.3. The van der Waals surface area contributed by atoms with Crippen LogP contribution in [-0.2, 0) is 23.9 Å². The Labute approximate surface area is 244 Å². The van der Waals surface area contributed by atoms with E-state index in [-0.39, 0.29) is 29.3 Å². The van der Waals surface area contributed by atoms with Crippen LogP contribution >= 0.6 is 11.6 Å². The molecule has 218 valence electrons. The van der Waals surface area contributed by atoms with Crippen molar-refractivity contribution >= 4 is 47.0 Å². The molecule has 42 heavy (non-hydrogen) atoms. The summed E-state index contributed by atoms with van der Waals surface area (Å²) in [4.78, 5) is 69.0. The molecular formula is C30H26ClFN2O8. The molecule has 5 amide bonds. The first-order valence-corrected chi connectivity index (χ1v) is 13.7. The lowest BCUT2D eigenvalue weighted by atomic mass is 9.51. The van der Waals surface area contributed by atoms with E-state index in [1.807, 2.05) is 0 Å². The van der Waals surface area contributed by atoms with Crippen LogP contribution in [0.5, 0.6) is 11.5 Å². The van der Waals surface area contributed by atoms with Crippen LogP contribution in [0.3, 0.4) is 0 Å². The van der Waals surface area contributed by atoms with E-state index in [1.165, 1.54) is 25.3 Å². The summed E-state index contributed by atoms with van der Waals surface area (Å²) >= 11 is 6.00.